The Kier molecular flexibility index (Phi) is 2.11. The Morgan fingerprint density at radius 3 is 2.91 bits per heavy atom. The minimum Gasteiger partial charge on any atom is -0.463 e. The van der Waals surface area contributed by atoms with Crippen LogP contribution < -0.4 is 5.32 Å². The van der Waals surface area contributed by atoms with Crippen molar-refractivity contribution in [1.82, 2.24) is 5.32 Å². The topological polar surface area (TPSA) is 42.2 Å². The van der Waals surface area contributed by atoms with Gasteiger partial charge in [-0.1, -0.05) is 6.58 Å². The predicted octanol–water partition coefficient (Wildman–Crippen LogP) is 1.39. The molecule has 0 unspecified atom stereocenters. The zero-order valence-corrected chi connectivity index (χ0v) is 6.26. The molecule has 0 aromatic carbocycles. The summed E-state index contributed by atoms with van der Waals surface area (Å²) in [5.41, 5.74) is 0.488. The van der Waals surface area contributed by atoms with Gasteiger partial charge in [0.05, 0.1) is 12.0 Å². The number of amides is 1. The molecule has 0 bridgehead atoms. The standard InChI is InChI=1S/C8H9NO2/c1-6(9-7(2)10)8-4-3-5-11-8/h3-5H,1H2,2H3,(H,9,10). The van der Waals surface area contributed by atoms with Crippen LogP contribution in [-0.2, 0) is 4.79 Å². The highest BCUT2D eigenvalue weighted by Gasteiger charge is 2.01. The van der Waals surface area contributed by atoms with Crippen molar-refractivity contribution in [3.8, 4) is 0 Å². The van der Waals surface area contributed by atoms with E-state index in [-0.39, 0.29) is 5.91 Å². The second-order valence-corrected chi connectivity index (χ2v) is 2.14. The summed E-state index contributed by atoms with van der Waals surface area (Å²) in [7, 11) is 0. The maximum Gasteiger partial charge on any atom is 0.221 e. The van der Waals surface area contributed by atoms with Crippen molar-refractivity contribution in [2.45, 2.75) is 6.92 Å². The van der Waals surface area contributed by atoms with Crippen LogP contribution in [0.2, 0.25) is 0 Å². The molecule has 1 heterocycles. The fourth-order valence-electron chi connectivity index (χ4n) is 0.724. The molecule has 1 rings (SSSR count). The van der Waals surface area contributed by atoms with Crippen molar-refractivity contribution in [1.29, 1.82) is 0 Å². The van der Waals surface area contributed by atoms with Crippen molar-refractivity contribution in [2.75, 3.05) is 0 Å². The Balaban J connectivity index is 2.64. The molecule has 3 heteroatoms. The van der Waals surface area contributed by atoms with Crippen molar-refractivity contribution in [3.63, 3.8) is 0 Å². The second-order valence-electron chi connectivity index (χ2n) is 2.14. The van der Waals surface area contributed by atoms with Gasteiger partial charge in [0.2, 0.25) is 5.91 Å². The fourth-order valence-corrected chi connectivity index (χ4v) is 0.724. The lowest BCUT2D eigenvalue weighted by atomic mass is 10.3. The predicted molar refractivity (Wildman–Crippen MR) is 41.6 cm³/mol. The quantitative estimate of drug-likeness (QED) is 0.693. The largest absolute Gasteiger partial charge is 0.463 e. The highest BCUT2D eigenvalue weighted by atomic mass is 16.3. The Hall–Kier alpha value is -1.51. The first-order valence-electron chi connectivity index (χ1n) is 3.20. The number of carbonyl (C=O) groups excluding carboxylic acids is 1. The van der Waals surface area contributed by atoms with E-state index in [1.165, 1.54) is 13.2 Å². The molecule has 0 spiro atoms. The van der Waals surface area contributed by atoms with Gasteiger partial charge < -0.3 is 9.73 Å². The average molecular weight is 151 g/mol. The van der Waals surface area contributed by atoms with Gasteiger partial charge in [-0.15, -0.1) is 0 Å². The number of hydrogen-bond donors (Lipinski definition) is 1. The Bertz CT molecular complexity index is 262. The van der Waals surface area contributed by atoms with E-state index in [1.807, 2.05) is 0 Å². The average Bonchev–Trinajstić information content (AvgIpc) is 2.35. The summed E-state index contributed by atoms with van der Waals surface area (Å²) < 4.78 is 4.98. The summed E-state index contributed by atoms with van der Waals surface area (Å²) in [5.74, 6) is 0.437. The molecule has 0 fully saturated rings. The molecule has 0 radical (unpaired) electrons. The number of carbonyl (C=O) groups is 1. The van der Waals surface area contributed by atoms with Crippen LogP contribution in [0.25, 0.3) is 5.70 Å². The molecule has 1 amide bonds. The molecule has 0 saturated heterocycles. The number of rotatable bonds is 2. The molecule has 11 heavy (non-hydrogen) atoms. The van der Waals surface area contributed by atoms with Gasteiger partial charge in [-0.05, 0) is 12.1 Å². The smallest absolute Gasteiger partial charge is 0.221 e. The lowest BCUT2D eigenvalue weighted by Crippen LogP contribution is -2.16. The Morgan fingerprint density at radius 2 is 2.45 bits per heavy atom. The second kappa shape index (κ2) is 3.05. The first-order chi connectivity index (χ1) is 5.20. The summed E-state index contributed by atoms with van der Waals surface area (Å²) in [6.07, 6.45) is 1.53. The number of hydrogen-bond acceptors (Lipinski definition) is 2. The van der Waals surface area contributed by atoms with Gasteiger partial charge in [-0.2, -0.15) is 0 Å². The van der Waals surface area contributed by atoms with Crippen LogP contribution in [-0.4, -0.2) is 5.91 Å². The molecular formula is C8H9NO2. The minimum atomic E-state index is -0.147. The summed E-state index contributed by atoms with van der Waals surface area (Å²) >= 11 is 0. The van der Waals surface area contributed by atoms with Crippen LogP contribution in [0.4, 0.5) is 0 Å². The van der Waals surface area contributed by atoms with E-state index in [9.17, 15) is 4.79 Å². The van der Waals surface area contributed by atoms with E-state index in [0.717, 1.165) is 0 Å². The van der Waals surface area contributed by atoms with E-state index in [4.69, 9.17) is 4.42 Å². The van der Waals surface area contributed by atoms with Crippen molar-refractivity contribution >= 4 is 11.6 Å². The molecule has 0 atom stereocenters. The van der Waals surface area contributed by atoms with E-state index < -0.39 is 0 Å². The van der Waals surface area contributed by atoms with Crippen LogP contribution >= 0.6 is 0 Å². The van der Waals surface area contributed by atoms with E-state index in [1.54, 1.807) is 12.1 Å². The summed E-state index contributed by atoms with van der Waals surface area (Å²) in [4.78, 5) is 10.5. The van der Waals surface area contributed by atoms with Crippen LogP contribution in [0, 0.1) is 0 Å². The fraction of sp³-hybridized carbons (Fsp3) is 0.125. The molecule has 1 aromatic heterocycles. The van der Waals surface area contributed by atoms with E-state index in [0.29, 0.717) is 11.5 Å². The summed E-state index contributed by atoms with van der Waals surface area (Å²) in [6.45, 7) is 5.04. The Morgan fingerprint density at radius 1 is 1.73 bits per heavy atom. The highest BCUT2D eigenvalue weighted by molar-refractivity contribution is 5.83. The van der Waals surface area contributed by atoms with E-state index >= 15 is 0 Å². The van der Waals surface area contributed by atoms with Crippen LogP contribution in [0.15, 0.2) is 29.4 Å². The lowest BCUT2D eigenvalue weighted by molar-refractivity contribution is -0.117. The van der Waals surface area contributed by atoms with Gasteiger partial charge in [0.15, 0.2) is 0 Å². The lowest BCUT2D eigenvalue weighted by Gasteiger charge is -2.00. The van der Waals surface area contributed by atoms with Gasteiger partial charge >= 0.3 is 0 Å². The SMILES string of the molecule is C=C(NC(C)=O)c1ccco1. The first-order valence-corrected chi connectivity index (χ1v) is 3.20. The third kappa shape index (κ3) is 1.97. The van der Waals surface area contributed by atoms with Gasteiger partial charge in [0.25, 0.3) is 0 Å². The molecule has 0 aliphatic carbocycles. The van der Waals surface area contributed by atoms with Crippen molar-refractivity contribution < 1.29 is 9.21 Å². The van der Waals surface area contributed by atoms with Crippen molar-refractivity contribution in [2.24, 2.45) is 0 Å². The summed E-state index contributed by atoms with van der Waals surface area (Å²) in [5, 5.41) is 2.52. The molecule has 0 aliphatic rings. The molecule has 0 aliphatic heterocycles. The third-order valence-electron chi connectivity index (χ3n) is 1.15. The summed E-state index contributed by atoms with van der Waals surface area (Å²) in [6, 6.07) is 3.47. The normalized spacial score (nSPS) is 9.18. The van der Waals surface area contributed by atoms with Crippen molar-refractivity contribution in [3.05, 3.63) is 30.7 Å². The zero-order valence-electron chi connectivity index (χ0n) is 6.26. The number of nitrogens with one attached hydrogen (secondary N) is 1. The molecule has 1 N–H and O–H groups in total. The van der Waals surface area contributed by atoms with E-state index in [2.05, 4.69) is 11.9 Å². The third-order valence-corrected chi connectivity index (χ3v) is 1.15. The highest BCUT2D eigenvalue weighted by Crippen LogP contribution is 2.08. The minimum absolute atomic E-state index is 0.147. The molecule has 0 saturated carbocycles. The van der Waals surface area contributed by atoms with Gasteiger partial charge in [-0.3, -0.25) is 4.79 Å². The Labute approximate surface area is 64.7 Å². The van der Waals surface area contributed by atoms with Gasteiger partial charge in [0, 0.05) is 6.92 Å². The first kappa shape index (κ1) is 7.60. The molecule has 58 valence electrons. The van der Waals surface area contributed by atoms with Gasteiger partial charge in [-0.25, -0.2) is 0 Å². The number of furan rings is 1. The zero-order chi connectivity index (χ0) is 8.27. The van der Waals surface area contributed by atoms with Crippen LogP contribution in [0.1, 0.15) is 12.7 Å². The maximum absolute atomic E-state index is 10.5. The maximum atomic E-state index is 10.5. The van der Waals surface area contributed by atoms with Crippen LogP contribution in [0.3, 0.4) is 0 Å². The molecule has 1 aromatic rings. The monoisotopic (exact) mass is 151 g/mol. The van der Waals surface area contributed by atoms with Gasteiger partial charge in [0.1, 0.15) is 5.76 Å². The molecular weight excluding hydrogens is 142 g/mol. The molecule has 3 nitrogen and oxygen atoms in total. The van der Waals surface area contributed by atoms with Crippen LogP contribution in [0.5, 0.6) is 0 Å².